The summed E-state index contributed by atoms with van der Waals surface area (Å²) in [5.41, 5.74) is 1.00. The third-order valence-corrected chi connectivity index (χ3v) is 6.86. The van der Waals surface area contributed by atoms with Gasteiger partial charge in [-0.3, -0.25) is 0 Å². The molecule has 1 aromatic heterocycles. The van der Waals surface area contributed by atoms with Crippen molar-refractivity contribution in [2.45, 2.75) is 38.0 Å². The van der Waals surface area contributed by atoms with Crippen LogP contribution < -0.4 is 0 Å². The molecule has 1 aliphatic heterocycles. The number of sulfonamides is 1. The van der Waals surface area contributed by atoms with Gasteiger partial charge in [0, 0.05) is 18.1 Å². The molecule has 0 aliphatic carbocycles. The van der Waals surface area contributed by atoms with Gasteiger partial charge in [-0.25, -0.2) is 17.8 Å². The van der Waals surface area contributed by atoms with Crippen LogP contribution in [0.5, 0.6) is 0 Å². The highest BCUT2D eigenvalue weighted by Gasteiger charge is 2.34. The molecule has 1 saturated heterocycles. The summed E-state index contributed by atoms with van der Waals surface area (Å²) in [6.07, 6.45) is 4.34. The largest absolute Gasteiger partial charge is 0.248 e. The standard InChI is InChI=1S/C16H19FN2O2S2/c1-12-5-6-13(10-14(12)17)11-23(20,21)19-8-3-2-4-15(19)16-18-7-9-22-16/h5-7,9-10,15H,2-4,8,11H2,1H3. The van der Waals surface area contributed by atoms with E-state index < -0.39 is 10.0 Å². The van der Waals surface area contributed by atoms with Gasteiger partial charge in [-0.05, 0) is 37.0 Å². The van der Waals surface area contributed by atoms with Crippen molar-refractivity contribution in [1.82, 2.24) is 9.29 Å². The lowest BCUT2D eigenvalue weighted by atomic mass is 10.1. The highest BCUT2D eigenvalue weighted by molar-refractivity contribution is 7.88. The van der Waals surface area contributed by atoms with E-state index in [1.807, 2.05) is 5.38 Å². The van der Waals surface area contributed by atoms with Gasteiger partial charge in [0.15, 0.2) is 0 Å². The Bertz CT molecular complexity index is 775. The summed E-state index contributed by atoms with van der Waals surface area (Å²) in [4.78, 5) is 4.29. The van der Waals surface area contributed by atoms with Crippen molar-refractivity contribution in [3.8, 4) is 0 Å². The van der Waals surface area contributed by atoms with Gasteiger partial charge in [-0.2, -0.15) is 4.31 Å². The molecule has 0 saturated carbocycles. The van der Waals surface area contributed by atoms with Gasteiger partial charge in [0.2, 0.25) is 10.0 Å². The van der Waals surface area contributed by atoms with Crippen LogP contribution in [-0.4, -0.2) is 24.3 Å². The molecule has 2 heterocycles. The maximum absolute atomic E-state index is 13.7. The van der Waals surface area contributed by atoms with E-state index >= 15 is 0 Å². The van der Waals surface area contributed by atoms with Crippen molar-refractivity contribution < 1.29 is 12.8 Å². The summed E-state index contributed by atoms with van der Waals surface area (Å²) in [6, 6.07) is 4.42. The fourth-order valence-electron chi connectivity index (χ4n) is 2.90. The van der Waals surface area contributed by atoms with Crippen molar-refractivity contribution in [3.63, 3.8) is 0 Å². The lowest BCUT2D eigenvalue weighted by Crippen LogP contribution is -2.39. The molecule has 0 spiro atoms. The molecule has 7 heteroatoms. The number of rotatable bonds is 4. The van der Waals surface area contributed by atoms with Crippen molar-refractivity contribution in [2.24, 2.45) is 0 Å². The molecule has 1 fully saturated rings. The molecule has 0 N–H and O–H groups in total. The Hall–Kier alpha value is -1.31. The van der Waals surface area contributed by atoms with Crippen molar-refractivity contribution in [2.75, 3.05) is 6.54 Å². The van der Waals surface area contributed by atoms with Crippen LogP contribution >= 0.6 is 11.3 Å². The van der Waals surface area contributed by atoms with Gasteiger partial charge < -0.3 is 0 Å². The topological polar surface area (TPSA) is 50.3 Å². The minimum Gasteiger partial charge on any atom is -0.248 e. The number of benzene rings is 1. The Morgan fingerprint density at radius 2 is 2.22 bits per heavy atom. The maximum Gasteiger partial charge on any atom is 0.218 e. The SMILES string of the molecule is Cc1ccc(CS(=O)(=O)N2CCCCC2c2nccs2)cc1F. The Morgan fingerprint density at radius 1 is 1.39 bits per heavy atom. The monoisotopic (exact) mass is 354 g/mol. The second kappa shape index (κ2) is 6.67. The van der Waals surface area contributed by atoms with Crippen LogP contribution in [0.3, 0.4) is 0 Å². The van der Waals surface area contributed by atoms with E-state index in [1.54, 1.807) is 29.6 Å². The van der Waals surface area contributed by atoms with E-state index in [2.05, 4.69) is 4.98 Å². The molecule has 1 aromatic carbocycles. The van der Waals surface area contributed by atoms with E-state index in [1.165, 1.54) is 17.4 Å². The van der Waals surface area contributed by atoms with Gasteiger partial charge in [0.25, 0.3) is 0 Å². The quantitative estimate of drug-likeness (QED) is 0.842. The van der Waals surface area contributed by atoms with Gasteiger partial charge in [0.1, 0.15) is 10.8 Å². The van der Waals surface area contributed by atoms with Gasteiger partial charge >= 0.3 is 0 Å². The van der Waals surface area contributed by atoms with Crippen LogP contribution in [0, 0.1) is 12.7 Å². The number of piperidine rings is 1. The van der Waals surface area contributed by atoms with Gasteiger partial charge in [-0.1, -0.05) is 18.6 Å². The third-order valence-electron chi connectivity index (χ3n) is 4.13. The summed E-state index contributed by atoms with van der Waals surface area (Å²) in [5.74, 6) is -0.542. The van der Waals surface area contributed by atoms with Gasteiger partial charge in [-0.15, -0.1) is 11.3 Å². The summed E-state index contributed by atoms with van der Waals surface area (Å²) >= 11 is 1.48. The first-order valence-corrected chi connectivity index (χ1v) is 10.1. The number of hydrogen-bond donors (Lipinski definition) is 0. The molecule has 0 radical (unpaired) electrons. The number of aromatic nitrogens is 1. The molecule has 2 aromatic rings. The number of thiazole rings is 1. The summed E-state index contributed by atoms with van der Waals surface area (Å²) in [7, 11) is -3.51. The summed E-state index contributed by atoms with van der Waals surface area (Å²) in [6.45, 7) is 2.16. The fraction of sp³-hybridized carbons (Fsp3) is 0.438. The van der Waals surface area contributed by atoms with E-state index in [0.29, 0.717) is 17.7 Å². The molecule has 124 valence electrons. The van der Waals surface area contributed by atoms with Crippen molar-refractivity contribution in [1.29, 1.82) is 0 Å². The Balaban J connectivity index is 1.86. The first kappa shape index (κ1) is 16.5. The molecule has 4 nitrogen and oxygen atoms in total. The lowest BCUT2D eigenvalue weighted by Gasteiger charge is -2.33. The Morgan fingerprint density at radius 3 is 2.91 bits per heavy atom. The van der Waals surface area contributed by atoms with Crippen molar-refractivity contribution >= 4 is 21.4 Å². The molecule has 1 unspecified atom stereocenters. The second-order valence-corrected chi connectivity index (χ2v) is 8.68. The number of halogens is 1. The number of aryl methyl sites for hydroxylation is 1. The molecule has 23 heavy (non-hydrogen) atoms. The summed E-state index contributed by atoms with van der Waals surface area (Å²) < 4.78 is 40.9. The number of hydrogen-bond acceptors (Lipinski definition) is 4. The Kier molecular flexibility index (Phi) is 4.79. The fourth-order valence-corrected chi connectivity index (χ4v) is 5.52. The maximum atomic E-state index is 13.7. The lowest BCUT2D eigenvalue weighted by molar-refractivity contribution is 0.255. The highest BCUT2D eigenvalue weighted by atomic mass is 32.2. The average Bonchev–Trinajstić information content (AvgIpc) is 3.05. The molecule has 1 atom stereocenters. The molecular formula is C16H19FN2O2S2. The van der Waals surface area contributed by atoms with E-state index in [-0.39, 0.29) is 17.6 Å². The third kappa shape index (κ3) is 3.62. The van der Waals surface area contributed by atoms with Crippen LogP contribution in [0.15, 0.2) is 29.8 Å². The van der Waals surface area contributed by atoms with E-state index in [9.17, 15) is 12.8 Å². The minimum absolute atomic E-state index is 0.175. The molecular weight excluding hydrogens is 335 g/mol. The summed E-state index contributed by atoms with van der Waals surface area (Å²) in [5, 5.41) is 2.70. The highest BCUT2D eigenvalue weighted by Crippen LogP contribution is 2.35. The predicted octanol–water partition coefficient (Wildman–Crippen LogP) is 3.65. The zero-order valence-electron chi connectivity index (χ0n) is 12.9. The zero-order chi connectivity index (χ0) is 16.4. The Labute approximate surface area is 140 Å². The zero-order valence-corrected chi connectivity index (χ0v) is 14.5. The van der Waals surface area contributed by atoms with Crippen molar-refractivity contribution in [3.05, 3.63) is 51.7 Å². The van der Waals surface area contributed by atoms with Crippen LogP contribution in [-0.2, 0) is 15.8 Å². The average molecular weight is 354 g/mol. The first-order valence-electron chi connectivity index (χ1n) is 7.61. The van der Waals surface area contributed by atoms with Gasteiger partial charge in [0.05, 0.1) is 11.8 Å². The second-order valence-electron chi connectivity index (χ2n) is 5.83. The smallest absolute Gasteiger partial charge is 0.218 e. The van der Waals surface area contributed by atoms with E-state index in [0.717, 1.165) is 24.3 Å². The van der Waals surface area contributed by atoms with Crippen LogP contribution in [0.4, 0.5) is 4.39 Å². The van der Waals surface area contributed by atoms with Crippen LogP contribution in [0.2, 0.25) is 0 Å². The molecule has 0 amide bonds. The molecule has 3 rings (SSSR count). The normalized spacial score (nSPS) is 19.8. The molecule has 0 bridgehead atoms. The van der Waals surface area contributed by atoms with Crippen LogP contribution in [0.1, 0.15) is 41.4 Å². The molecule has 1 aliphatic rings. The van der Waals surface area contributed by atoms with E-state index in [4.69, 9.17) is 0 Å². The predicted molar refractivity (Wildman–Crippen MR) is 89.2 cm³/mol. The first-order chi connectivity index (χ1) is 11.0. The number of nitrogens with zero attached hydrogens (tertiary/aromatic N) is 2. The minimum atomic E-state index is -3.51. The van der Waals surface area contributed by atoms with Crippen LogP contribution in [0.25, 0.3) is 0 Å².